The second-order valence-corrected chi connectivity index (χ2v) is 1.92. The van der Waals surface area contributed by atoms with Gasteiger partial charge >= 0.3 is 0 Å². The molecule has 0 bridgehead atoms. The van der Waals surface area contributed by atoms with Gasteiger partial charge in [-0.25, -0.2) is 0 Å². The number of primary amides is 2. The fourth-order valence-corrected chi connectivity index (χ4v) is 0.421. The van der Waals surface area contributed by atoms with Crippen LogP contribution in [-0.4, -0.2) is 23.0 Å². The van der Waals surface area contributed by atoms with Gasteiger partial charge in [-0.15, -0.1) is 0 Å². The Morgan fingerprint density at radius 3 is 2.20 bits per heavy atom. The number of amides is 2. The first-order chi connectivity index (χ1) is 4.54. The molecule has 0 unspecified atom stereocenters. The predicted molar refractivity (Wildman–Crippen MR) is 33.6 cm³/mol. The first kappa shape index (κ1) is 8.90. The van der Waals surface area contributed by atoms with Crippen LogP contribution in [0.4, 0.5) is 0 Å². The molecule has 1 atom stereocenters. The third-order valence-corrected chi connectivity index (χ3v) is 0.993. The van der Waals surface area contributed by atoms with Crippen LogP contribution in [0.3, 0.4) is 0 Å². The van der Waals surface area contributed by atoms with Gasteiger partial charge < -0.3 is 16.6 Å². The molecule has 10 heavy (non-hydrogen) atoms. The van der Waals surface area contributed by atoms with Crippen LogP contribution in [0.2, 0.25) is 0 Å². The summed E-state index contributed by atoms with van der Waals surface area (Å²) in [7, 11) is 0. The number of hydrogen-bond acceptors (Lipinski definition) is 3. The highest BCUT2D eigenvalue weighted by Crippen LogP contribution is 1.93. The molecule has 2 amide bonds. The Kier molecular flexibility index (Phi) is 3.42. The Morgan fingerprint density at radius 2 is 1.90 bits per heavy atom. The summed E-state index contributed by atoms with van der Waals surface area (Å²) in [6.45, 7) is 0. The van der Waals surface area contributed by atoms with Crippen LogP contribution in [0.15, 0.2) is 0 Å². The van der Waals surface area contributed by atoms with E-state index < -0.39 is 17.9 Å². The maximum atomic E-state index is 10.1. The third kappa shape index (κ3) is 3.85. The molecule has 0 fully saturated rings. The molecule has 0 saturated carbocycles. The van der Waals surface area contributed by atoms with Crippen LogP contribution >= 0.6 is 0 Å². The molecule has 0 saturated heterocycles. The minimum atomic E-state index is -1.26. The van der Waals surface area contributed by atoms with Crippen LogP contribution < -0.4 is 11.5 Å². The van der Waals surface area contributed by atoms with Crippen LogP contribution in [-0.2, 0) is 9.59 Å². The summed E-state index contributed by atoms with van der Waals surface area (Å²) in [6, 6.07) is 0. The SMILES string of the molecule is NC(=O)CC[C@H](O)C(N)=O. The first-order valence-electron chi connectivity index (χ1n) is 2.79. The lowest BCUT2D eigenvalue weighted by molar-refractivity contribution is -0.127. The molecule has 0 heterocycles. The number of nitrogens with two attached hydrogens (primary N) is 2. The van der Waals surface area contributed by atoms with Crippen molar-refractivity contribution in [3.63, 3.8) is 0 Å². The molecular weight excluding hydrogens is 136 g/mol. The number of hydrogen-bond donors (Lipinski definition) is 3. The van der Waals surface area contributed by atoms with E-state index in [-0.39, 0.29) is 12.8 Å². The normalized spacial score (nSPS) is 12.5. The van der Waals surface area contributed by atoms with Crippen LogP contribution in [0.5, 0.6) is 0 Å². The molecule has 5 N–H and O–H groups in total. The number of rotatable bonds is 4. The zero-order chi connectivity index (χ0) is 8.15. The molecule has 5 heteroatoms. The van der Waals surface area contributed by atoms with E-state index >= 15 is 0 Å². The number of aliphatic hydroxyl groups is 1. The number of carbonyl (C=O) groups excluding carboxylic acids is 2. The third-order valence-electron chi connectivity index (χ3n) is 0.993. The maximum absolute atomic E-state index is 10.1. The summed E-state index contributed by atoms with van der Waals surface area (Å²) >= 11 is 0. The Bertz CT molecular complexity index is 146. The molecule has 5 nitrogen and oxygen atoms in total. The van der Waals surface area contributed by atoms with Gasteiger partial charge in [-0.1, -0.05) is 0 Å². The Hall–Kier alpha value is -1.10. The summed E-state index contributed by atoms with van der Waals surface area (Å²) in [4.78, 5) is 20.2. The lowest BCUT2D eigenvalue weighted by atomic mass is 10.2. The van der Waals surface area contributed by atoms with Gasteiger partial charge in [-0.05, 0) is 6.42 Å². The summed E-state index contributed by atoms with van der Waals surface area (Å²) in [5.74, 6) is -1.39. The molecule has 0 spiro atoms. The van der Waals surface area contributed by atoms with Gasteiger partial charge in [0.05, 0.1) is 0 Å². The van der Waals surface area contributed by atoms with Crippen molar-refractivity contribution in [2.45, 2.75) is 18.9 Å². The van der Waals surface area contributed by atoms with Crippen LogP contribution in [0.25, 0.3) is 0 Å². The van der Waals surface area contributed by atoms with E-state index in [1.807, 2.05) is 0 Å². The maximum Gasteiger partial charge on any atom is 0.246 e. The van der Waals surface area contributed by atoms with Crippen molar-refractivity contribution in [3.05, 3.63) is 0 Å². The topological polar surface area (TPSA) is 106 Å². The zero-order valence-corrected chi connectivity index (χ0v) is 5.41. The largest absolute Gasteiger partial charge is 0.383 e. The summed E-state index contributed by atoms with van der Waals surface area (Å²) in [6.07, 6.45) is -1.28. The molecule has 0 aliphatic heterocycles. The quantitative estimate of drug-likeness (QED) is 0.431. The summed E-state index contributed by atoms with van der Waals surface area (Å²) in [5.41, 5.74) is 9.42. The van der Waals surface area contributed by atoms with Crippen molar-refractivity contribution in [2.24, 2.45) is 11.5 Å². The van der Waals surface area contributed by atoms with Gasteiger partial charge in [0.2, 0.25) is 11.8 Å². The second kappa shape index (κ2) is 3.84. The molecule has 0 aromatic carbocycles. The van der Waals surface area contributed by atoms with Crippen molar-refractivity contribution in [1.29, 1.82) is 0 Å². The van der Waals surface area contributed by atoms with E-state index in [9.17, 15) is 9.59 Å². The van der Waals surface area contributed by atoms with E-state index in [1.54, 1.807) is 0 Å². The fourth-order valence-electron chi connectivity index (χ4n) is 0.421. The minimum absolute atomic E-state index is 0.00463. The molecule has 0 aliphatic rings. The standard InChI is InChI=1S/C5H10N2O3/c6-4(9)2-1-3(8)5(7)10/h3,8H,1-2H2,(H2,6,9)(H2,7,10)/t3-/m0/s1. The Balaban J connectivity index is 3.49. The highest BCUT2D eigenvalue weighted by Gasteiger charge is 2.10. The highest BCUT2D eigenvalue weighted by atomic mass is 16.3. The van der Waals surface area contributed by atoms with Crippen molar-refractivity contribution >= 4 is 11.8 Å². The molecular formula is C5H10N2O3. The molecule has 58 valence electrons. The van der Waals surface area contributed by atoms with E-state index in [1.165, 1.54) is 0 Å². The summed E-state index contributed by atoms with van der Waals surface area (Å²) < 4.78 is 0. The van der Waals surface area contributed by atoms with Gasteiger partial charge in [0.15, 0.2) is 0 Å². The fraction of sp³-hybridized carbons (Fsp3) is 0.600. The van der Waals surface area contributed by atoms with Gasteiger partial charge in [-0.2, -0.15) is 0 Å². The van der Waals surface area contributed by atoms with Gasteiger partial charge in [0.25, 0.3) is 0 Å². The van der Waals surface area contributed by atoms with Crippen molar-refractivity contribution in [2.75, 3.05) is 0 Å². The smallest absolute Gasteiger partial charge is 0.246 e. The monoisotopic (exact) mass is 146 g/mol. The van der Waals surface area contributed by atoms with Crippen molar-refractivity contribution in [3.8, 4) is 0 Å². The number of carbonyl (C=O) groups is 2. The summed E-state index contributed by atoms with van der Waals surface area (Å²) in [5, 5.41) is 8.69. The Morgan fingerprint density at radius 1 is 1.40 bits per heavy atom. The van der Waals surface area contributed by atoms with E-state index in [4.69, 9.17) is 10.8 Å². The number of aliphatic hydroxyl groups excluding tert-OH is 1. The predicted octanol–water partition coefficient (Wildman–Crippen LogP) is -1.90. The van der Waals surface area contributed by atoms with Crippen LogP contribution in [0, 0.1) is 0 Å². The van der Waals surface area contributed by atoms with Gasteiger partial charge in [0.1, 0.15) is 6.10 Å². The van der Waals surface area contributed by atoms with Crippen molar-refractivity contribution in [1.82, 2.24) is 0 Å². The lowest BCUT2D eigenvalue weighted by Gasteiger charge is -2.02. The Labute approximate surface area is 58.0 Å². The molecule has 0 aliphatic carbocycles. The minimum Gasteiger partial charge on any atom is -0.383 e. The highest BCUT2D eigenvalue weighted by molar-refractivity contribution is 5.80. The van der Waals surface area contributed by atoms with E-state index in [2.05, 4.69) is 5.73 Å². The molecule has 0 rings (SSSR count). The van der Waals surface area contributed by atoms with Gasteiger partial charge in [-0.3, -0.25) is 9.59 Å². The zero-order valence-electron chi connectivity index (χ0n) is 5.41. The first-order valence-corrected chi connectivity index (χ1v) is 2.79. The van der Waals surface area contributed by atoms with Crippen molar-refractivity contribution < 1.29 is 14.7 Å². The molecule has 0 radical (unpaired) electrons. The molecule has 0 aromatic heterocycles. The average molecular weight is 146 g/mol. The van der Waals surface area contributed by atoms with Gasteiger partial charge in [0, 0.05) is 6.42 Å². The van der Waals surface area contributed by atoms with E-state index in [0.29, 0.717) is 0 Å². The van der Waals surface area contributed by atoms with Crippen LogP contribution in [0.1, 0.15) is 12.8 Å². The molecule has 0 aromatic rings. The second-order valence-electron chi connectivity index (χ2n) is 1.92. The average Bonchev–Trinajstić information content (AvgIpc) is 1.82. The van der Waals surface area contributed by atoms with E-state index in [0.717, 1.165) is 0 Å². The lowest BCUT2D eigenvalue weighted by Crippen LogP contribution is -2.29.